The molecule has 1 aliphatic rings. The highest BCUT2D eigenvalue weighted by Crippen LogP contribution is 2.48. The number of carbonyl (C=O) groups excluding carboxylic acids is 1. The summed E-state index contributed by atoms with van der Waals surface area (Å²) in [5.74, 6) is 1.31. The lowest BCUT2D eigenvalue weighted by Crippen LogP contribution is -2.16. The molecule has 0 saturated heterocycles. The molecule has 0 aliphatic carbocycles. The molecule has 4 heteroatoms. The van der Waals surface area contributed by atoms with Gasteiger partial charge in [-0.15, -0.1) is 0 Å². The fourth-order valence-electron chi connectivity index (χ4n) is 2.40. The highest BCUT2D eigenvalue weighted by molar-refractivity contribution is 6.65. The molecule has 3 nitrogen and oxygen atoms in total. The van der Waals surface area contributed by atoms with Crippen LogP contribution < -0.4 is 9.47 Å². The number of para-hydroxylation sites is 1. The molecule has 96 valence electrons. The van der Waals surface area contributed by atoms with Gasteiger partial charge in [-0.3, -0.25) is 4.79 Å². The first-order valence-corrected chi connectivity index (χ1v) is 6.23. The molecule has 0 bridgehead atoms. The molecule has 0 radical (unpaired) electrons. The summed E-state index contributed by atoms with van der Waals surface area (Å²) < 4.78 is 11.1. The Morgan fingerprint density at radius 3 is 2.63 bits per heavy atom. The van der Waals surface area contributed by atoms with Crippen LogP contribution in [0, 0.1) is 0 Å². The van der Waals surface area contributed by atoms with Crippen molar-refractivity contribution in [2.45, 2.75) is 5.92 Å². The van der Waals surface area contributed by atoms with Crippen LogP contribution in [0.3, 0.4) is 0 Å². The van der Waals surface area contributed by atoms with Crippen LogP contribution in [-0.4, -0.2) is 12.4 Å². The first-order valence-electron chi connectivity index (χ1n) is 5.85. The average Bonchev–Trinajstić information content (AvgIpc) is 2.43. The molecule has 1 aliphatic heterocycles. The summed E-state index contributed by atoms with van der Waals surface area (Å²) in [4.78, 5) is 11.8. The lowest BCUT2D eigenvalue weighted by molar-refractivity contribution is -0.112. The number of methoxy groups -OCH3 is 1. The van der Waals surface area contributed by atoms with Crippen LogP contribution in [0.15, 0.2) is 42.5 Å². The molecule has 1 atom stereocenters. The zero-order valence-electron chi connectivity index (χ0n) is 10.2. The van der Waals surface area contributed by atoms with Gasteiger partial charge in [-0.2, -0.15) is 0 Å². The maximum atomic E-state index is 11.8. The second-order valence-electron chi connectivity index (χ2n) is 4.25. The maximum absolute atomic E-state index is 11.8. The van der Waals surface area contributed by atoms with Gasteiger partial charge >= 0.3 is 0 Å². The zero-order chi connectivity index (χ0) is 13.4. The topological polar surface area (TPSA) is 35.5 Å². The van der Waals surface area contributed by atoms with E-state index >= 15 is 0 Å². The summed E-state index contributed by atoms with van der Waals surface area (Å²) in [6.07, 6.45) is 0. The normalized spacial score (nSPS) is 16.0. The molecule has 0 aromatic heterocycles. The lowest BCUT2D eigenvalue weighted by atomic mass is 9.88. The standard InChI is InChI=1S/C15H11ClO3/c1-18-11-7-4-8-12-14(11)13(15(16)17)9-5-2-3-6-10(9)19-12/h2-8,13H,1H3/t13-/m0/s1. The van der Waals surface area contributed by atoms with Gasteiger partial charge in [0.2, 0.25) is 5.24 Å². The number of carbonyl (C=O) groups is 1. The van der Waals surface area contributed by atoms with E-state index in [1.807, 2.05) is 30.3 Å². The molecule has 1 heterocycles. The van der Waals surface area contributed by atoms with E-state index in [1.54, 1.807) is 19.2 Å². The third kappa shape index (κ3) is 1.87. The Balaban J connectivity index is 2.27. The Labute approximate surface area is 115 Å². The van der Waals surface area contributed by atoms with E-state index in [4.69, 9.17) is 21.1 Å². The van der Waals surface area contributed by atoms with Crippen molar-refractivity contribution in [3.05, 3.63) is 53.6 Å². The minimum atomic E-state index is -0.558. The van der Waals surface area contributed by atoms with E-state index in [0.717, 1.165) is 5.56 Å². The fourth-order valence-corrected chi connectivity index (χ4v) is 2.62. The van der Waals surface area contributed by atoms with Crippen molar-refractivity contribution in [2.75, 3.05) is 7.11 Å². The Hall–Kier alpha value is -2.00. The number of hydrogen-bond acceptors (Lipinski definition) is 3. The van der Waals surface area contributed by atoms with Gasteiger partial charge in [-0.1, -0.05) is 24.3 Å². The van der Waals surface area contributed by atoms with E-state index in [1.165, 1.54) is 0 Å². The van der Waals surface area contributed by atoms with Crippen LogP contribution in [0.25, 0.3) is 0 Å². The number of halogens is 1. The third-order valence-corrected chi connectivity index (χ3v) is 3.43. The number of benzene rings is 2. The van der Waals surface area contributed by atoms with Crippen LogP contribution in [-0.2, 0) is 4.79 Å². The molecular formula is C15H11ClO3. The van der Waals surface area contributed by atoms with Crippen LogP contribution in [0.2, 0.25) is 0 Å². The van der Waals surface area contributed by atoms with Gasteiger partial charge in [0.1, 0.15) is 17.2 Å². The molecule has 0 saturated carbocycles. The van der Waals surface area contributed by atoms with Crippen molar-refractivity contribution in [1.29, 1.82) is 0 Å². The Morgan fingerprint density at radius 1 is 1.16 bits per heavy atom. The van der Waals surface area contributed by atoms with Gasteiger partial charge in [0.25, 0.3) is 0 Å². The third-order valence-electron chi connectivity index (χ3n) is 3.21. The molecule has 2 aromatic carbocycles. The van der Waals surface area contributed by atoms with Gasteiger partial charge in [-0.05, 0) is 29.8 Å². The zero-order valence-corrected chi connectivity index (χ0v) is 11.0. The van der Waals surface area contributed by atoms with Crippen molar-refractivity contribution >= 4 is 16.8 Å². The quantitative estimate of drug-likeness (QED) is 0.784. The Bertz CT molecular complexity index is 652. The first kappa shape index (κ1) is 12.1. The highest BCUT2D eigenvalue weighted by Gasteiger charge is 2.34. The van der Waals surface area contributed by atoms with Gasteiger partial charge in [-0.25, -0.2) is 0 Å². The summed E-state index contributed by atoms with van der Waals surface area (Å²) in [7, 11) is 1.56. The van der Waals surface area contributed by atoms with Crippen LogP contribution in [0.5, 0.6) is 17.2 Å². The lowest BCUT2D eigenvalue weighted by Gasteiger charge is -2.27. The van der Waals surface area contributed by atoms with Crippen molar-refractivity contribution in [3.63, 3.8) is 0 Å². The van der Waals surface area contributed by atoms with Crippen molar-refractivity contribution < 1.29 is 14.3 Å². The van der Waals surface area contributed by atoms with E-state index in [0.29, 0.717) is 22.8 Å². The molecule has 0 amide bonds. The molecule has 0 unspecified atom stereocenters. The van der Waals surface area contributed by atoms with Crippen molar-refractivity contribution in [1.82, 2.24) is 0 Å². The summed E-state index contributed by atoms with van der Waals surface area (Å²) in [6.45, 7) is 0. The number of rotatable bonds is 2. The number of ether oxygens (including phenoxy) is 2. The molecule has 19 heavy (non-hydrogen) atoms. The van der Waals surface area contributed by atoms with Crippen LogP contribution in [0.4, 0.5) is 0 Å². The second-order valence-corrected chi connectivity index (χ2v) is 4.62. The van der Waals surface area contributed by atoms with Gasteiger partial charge < -0.3 is 9.47 Å². The largest absolute Gasteiger partial charge is 0.496 e. The smallest absolute Gasteiger partial charge is 0.233 e. The van der Waals surface area contributed by atoms with Gasteiger partial charge in [0.15, 0.2) is 0 Å². The predicted molar refractivity (Wildman–Crippen MR) is 72.2 cm³/mol. The molecule has 0 spiro atoms. The average molecular weight is 275 g/mol. The summed E-state index contributed by atoms with van der Waals surface area (Å²) in [5, 5.41) is -0.443. The van der Waals surface area contributed by atoms with Crippen molar-refractivity contribution in [2.24, 2.45) is 0 Å². The minimum absolute atomic E-state index is 0.443. The second kappa shape index (κ2) is 4.59. The van der Waals surface area contributed by atoms with Gasteiger partial charge in [0, 0.05) is 5.56 Å². The van der Waals surface area contributed by atoms with Gasteiger partial charge in [0.05, 0.1) is 18.6 Å². The van der Waals surface area contributed by atoms with Crippen LogP contribution in [0.1, 0.15) is 17.0 Å². The monoisotopic (exact) mass is 274 g/mol. The summed E-state index contributed by atoms with van der Waals surface area (Å²) in [6, 6.07) is 12.8. The molecule has 0 N–H and O–H groups in total. The summed E-state index contributed by atoms with van der Waals surface area (Å²) in [5.41, 5.74) is 1.45. The highest BCUT2D eigenvalue weighted by atomic mass is 35.5. The SMILES string of the molecule is COc1cccc2c1[C@@H](C(=O)Cl)c1ccccc1O2. The van der Waals surface area contributed by atoms with E-state index in [-0.39, 0.29) is 0 Å². The Morgan fingerprint density at radius 2 is 1.89 bits per heavy atom. The van der Waals surface area contributed by atoms with Crippen molar-refractivity contribution in [3.8, 4) is 17.2 Å². The van der Waals surface area contributed by atoms with E-state index in [2.05, 4.69) is 0 Å². The molecule has 3 rings (SSSR count). The Kier molecular flexibility index (Phi) is 2.91. The summed E-state index contributed by atoms with van der Waals surface area (Å²) >= 11 is 5.79. The fraction of sp³-hybridized carbons (Fsp3) is 0.133. The predicted octanol–water partition coefficient (Wildman–Crippen LogP) is 3.70. The minimum Gasteiger partial charge on any atom is -0.496 e. The molecule has 2 aromatic rings. The first-order chi connectivity index (χ1) is 9.22. The van der Waals surface area contributed by atoms with E-state index < -0.39 is 11.2 Å². The van der Waals surface area contributed by atoms with E-state index in [9.17, 15) is 4.79 Å². The molecular weight excluding hydrogens is 264 g/mol. The maximum Gasteiger partial charge on any atom is 0.233 e. The number of fused-ring (bicyclic) bond motifs is 2. The number of hydrogen-bond donors (Lipinski definition) is 0. The van der Waals surface area contributed by atoms with Crippen LogP contribution >= 0.6 is 11.6 Å². The molecule has 0 fully saturated rings.